The summed E-state index contributed by atoms with van der Waals surface area (Å²) in [5.41, 5.74) is 0.494. The Bertz CT molecular complexity index is 673. The van der Waals surface area contributed by atoms with E-state index in [0.717, 1.165) is 6.20 Å². The van der Waals surface area contributed by atoms with E-state index in [1.165, 1.54) is 10.7 Å². The molecule has 0 saturated carbocycles. The molecule has 0 fully saturated rings. The minimum absolute atomic E-state index is 0.424. The Balaban J connectivity index is 2.41. The van der Waals surface area contributed by atoms with Crippen molar-refractivity contribution in [1.82, 2.24) is 14.6 Å². The lowest BCUT2D eigenvalue weighted by atomic mass is 10.3. The number of nitrogens with zero attached hydrogens (tertiary/aromatic N) is 3. The monoisotopic (exact) mass is 262 g/mol. The Labute approximate surface area is 107 Å². The Hall–Kier alpha value is -2.90. The van der Waals surface area contributed by atoms with E-state index in [1.807, 2.05) is 0 Å². The topological polar surface area (TPSA) is 117 Å². The molecule has 0 unspecified atom stereocenters. The number of fused-ring (bicyclic) bond motifs is 1. The van der Waals surface area contributed by atoms with Crippen molar-refractivity contribution in [2.24, 2.45) is 0 Å². The standard InChI is InChI=1S/C11H10N4O4/c1-6-4-9(15-8(14-6)2-3-13-15)12-5-7(10(16)17)11(18)19/h2-5,12H,1H3,(H,16,17)(H,18,19). The molecule has 2 rings (SSSR count). The molecule has 0 aliphatic rings. The van der Waals surface area contributed by atoms with E-state index in [0.29, 0.717) is 17.2 Å². The van der Waals surface area contributed by atoms with Crippen molar-refractivity contribution in [1.29, 1.82) is 0 Å². The number of carboxylic acids is 2. The van der Waals surface area contributed by atoms with E-state index in [4.69, 9.17) is 10.2 Å². The Kier molecular flexibility index (Phi) is 3.15. The number of rotatable bonds is 4. The van der Waals surface area contributed by atoms with Crippen LogP contribution in [0.15, 0.2) is 30.1 Å². The van der Waals surface area contributed by atoms with Gasteiger partial charge in [-0.05, 0) is 6.92 Å². The lowest BCUT2D eigenvalue weighted by Gasteiger charge is -2.06. The first-order chi connectivity index (χ1) is 8.99. The number of hydrogen-bond acceptors (Lipinski definition) is 5. The zero-order chi connectivity index (χ0) is 14.0. The molecule has 0 saturated heterocycles. The summed E-state index contributed by atoms with van der Waals surface area (Å²) in [5, 5.41) is 24.1. The van der Waals surface area contributed by atoms with Crippen molar-refractivity contribution >= 4 is 23.4 Å². The zero-order valence-corrected chi connectivity index (χ0v) is 9.86. The Morgan fingerprint density at radius 2 is 2.05 bits per heavy atom. The van der Waals surface area contributed by atoms with E-state index in [1.54, 1.807) is 19.1 Å². The van der Waals surface area contributed by atoms with Gasteiger partial charge >= 0.3 is 11.9 Å². The average molecular weight is 262 g/mol. The molecule has 0 radical (unpaired) electrons. The van der Waals surface area contributed by atoms with Gasteiger partial charge in [-0.15, -0.1) is 0 Å². The molecule has 19 heavy (non-hydrogen) atoms. The highest BCUT2D eigenvalue weighted by atomic mass is 16.4. The number of nitrogens with one attached hydrogen (secondary N) is 1. The summed E-state index contributed by atoms with van der Waals surface area (Å²) in [7, 11) is 0. The number of carbonyl (C=O) groups is 2. The first-order valence-electron chi connectivity index (χ1n) is 5.23. The number of anilines is 1. The minimum Gasteiger partial charge on any atom is -0.477 e. The first kappa shape index (κ1) is 12.6. The van der Waals surface area contributed by atoms with Crippen LogP contribution < -0.4 is 5.32 Å². The molecular formula is C11H10N4O4. The van der Waals surface area contributed by atoms with Crippen molar-refractivity contribution in [2.75, 3.05) is 5.32 Å². The maximum atomic E-state index is 10.7. The van der Waals surface area contributed by atoms with Crippen LogP contribution in [0.3, 0.4) is 0 Å². The Morgan fingerprint density at radius 3 is 2.68 bits per heavy atom. The third kappa shape index (κ3) is 2.51. The molecule has 2 aromatic rings. The van der Waals surface area contributed by atoms with Gasteiger partial charge in [0.15, 0.2) is 11.2 Å². The SMILES string of the molecule is Cc1cc(NC=C(C(=O)O)C(=O)O)n2nccc2n1. The highest BCUT2D eigenvalue weighted by molar-refractivity contribution is 6.12. The van der Waals surface area contributed by atoms with Gasteiger partial charge in [0.05, 0.1) is 6.20 Å². The predicted octanol–water partition coefficient (Wildman–Crippen LogP) is 0.503. The van der Waals surface area contributed by atoms with Crippen molar-refractivity contribution in [2.45, 2.75) is 6.92 Å². The van der Waals surface area contributed by atoms with Gasteiger partial charge in [-0.25, -0.2) is 14.6 Å². The van der Waals surface area contributed by atoms with Crippen LogP contribution in [0, 0.1) is 6.92 Å². The molecule has 2 aromatic heterocycles. The molecule has 0 spiro atoms. The van der Waals surface area contributed by atoms with Gasteiger partial charge in [0.1, 0.15) is 5.82 Å². The van der Waals surface area contributed by atoms with Crippen LogP contribution in [-0.4, -0.2) is 36.7 Å². The summed E-state index contributed by atoms with van der Waals surface area (Å²) in [6.45, 7) is 1.76. The van der Waals surface area contributed by atoms with E-state index in [-0.39, 0.29) is 0 Å². The van der Waals surface area contributed by atoms with E-state index < -0.39 is 17.5 Å². The van der Waals surface area contributed by atoms with Crippen LogP contribution in [0.25, 0.3) is 5.65 Å². The number of carboxylic acid groups (broad SMARTS) is 2. The quantitative estimate of drug-likeness (QED) is 0.417. The lowest BCUT2D eigenvalue weighted by Crippen LogP contribution is -2.13. The zero-order valence-electron chi connectivity index (χ0n) is 9.86. The van der Waals surface area contributed by atoms with Crippen LogP contribution >= 0.6 is 0 Å². The van der Waals surface area contributed by atoms with Crippen LogP contribution in [0.4, 0.5) is 5.82 Å². The van der Waals surface area contributed by atoms with Crippen LogP contribution in [0.5, 0.6) is 0 Å². The highest BCUT2D eigenvalue weighted by Gasteiger charge is 2.16. The second kappa shape index (κ2) is 4.77. The third-order valence-electron chi connectivity index (χ3n) is 2.31. The lowest BCUT2D eigenvalue weighted by molar-refractivity contribution is -0.140. The van der Waals surface area contributed by atoms with Gasteiger partial charge in [-0.3, -0.25) is 0 Å². The number of hydrogen-bond donors (Lipinski definition) is 3. The molecule has 8 nitrogen and oxygen atoms in total. The molecule has 0 aliphatic heterocycles. The highest BCUT2D eigenvalue weighted by Crippen LogP contribution is 2.12. The first-order valence-corrected chi connectivity index (χ1v) is 5.23. The normalized spacial score (nSPS) is 10.2. The van der Waals surface area contributed by atoms with Crippen molar-refractivity contribution in [3.8, 4) is 0 Å². The van der Waals surface area contributed by atoms with Gasteiger partial charge in [0.25, 0.3) is 0 Å². The molecule has 0 bridgehead atoms. The summed E-state index contributed by atoms with van der Waals surface area (Å²) in [5.74, 6) is -2.63. The second-order valence-electron chi connectivity index (χ2n) is 3.70. The fourth-order valence-electron chi connectivity index (χ4n) is 1.50. The molecule has 0 aliphatic carbocycles. The molecule has 98 valence electrons. The predicted molar refractivity (Wildman–Crippen MR) is 64.7 cm³/mol. The number of aromatic nitrogens is 3. The van der Waals surface area contributed by atoms with Crippen LogP contribution in [0.1, 0.15) is 5.69 Å². The molecule has 0 atom stereocenters. The van der Waals surface area contributed by atoms with Gasteiger partial charge < -0.3 is 15.5 Å². The second-order valence-corrected chi connectivity index (χ2v) is 3.70. The number of aryl methyl sites for hydroxylation is 1. The van der Waals surface area contributed by atoms with Gasteiger partial charge in [0, 0.05) is 24.0 Å². The smallest absolute Gasteiger partial charge is 0.344 e. The molecule has 3 N–H and O–H groups in total. The Morgan fingerprint density at radius 1 is 1.37 bits per heavy atom. The molecule has 2 heterocycles. The molecule has 0 amide bonds. The number of aliphatic carboxylic acids is 2. The van der Waals surface area contributed by atoms with Crippen molar-refractivity contribution < 1.29 is 19.8 Å². The maximum Gasteiger partial charge on any atom is 0.344 e. The van der Waals surface area contributed by atoms with Crippen LogP contribution in [0.2, 0.25) is 0 Å². The maximum absolute atomic E-state index is 10.7. The molecule has 0 aromatic carbocycles. The fraction of sp³-hybridized carbons (Fsp3) is 0.0909. The summed E-state index contributed by atoms with van der Waals surface area (Å²) in [6.07, 6.45) is 2.44. The largest absolute Gasteiger partial charge is 0.477 e. The van der Waals surface area contributed by atoms with Gasteiger partial charge in [-0.2, -0.15) is 9.61 Å². The summed E-state index contributed by atoms with van der Waals surface area (Å²) < 4.78 is 1.44. The van der Waals surface area contributed by atoms with E-state index >= 15 is 0 Å². The van der Waals surface area contributed by atoms with Gasteiger partial charge in [-0.1, -0.05) is 0 Å². The summed E-state index contributed by atoms with van der Waals surface area (Å²) in [4.78, 5) is 25.6. The van der Waals surface area contributed by atoms with E-state index in [9.17, 15) is 9.59 Å². The molecule has 8 heteroatoms. The summed E-state index contributed by atoms with van der Waals surface area (Å²) >= 11 is 0. The van der Waals surface area contributed by atoms with Crippen molar-refractivity contribution in [3.63, 3.8) is 0 Å². The summed E-state index contributed by atoms with van der Waals surface area (Å²) in [6, 6.07) is 3.30. The third-order valence-corrected chi connectivity index (χ3v) is 2.31. The van der Waals surface area contributed by atoms with E-state index in [2.05, 4.69) is 15.4 Å². The average Bonchev–Trinajstić information content (AvgIpc) is 2.75. The fourth-order valence-corrected chi connectivity index (χ4v) is 1.50. The van der Waals surface area contributed by atoms with Crippen molar-refractivity contribution in [3.05, 3.63) is 35.8 Å². The van der Waals surface area contributed by atoms with Crippen LogP contribution in [-0.2, 0) is 9.59 Å². The minimum atomic E-state index is -1.53. The van der Waals surface area contributed by atoms with Gasteiger partial charge in [0.2, 0.25) is 0 Å². The molecular weight excluding hydrogens is 252 g/mol.